The highest BCUT2D eigenvalue weighted by Crippen LogP contribution is 2.25. The van der Waals surface area contributed by atoms with E-state index < -0.39 is 6.10 Å². The van der Waals surface area contributed by atoms with Crippen LogP contribution in [0.4, 0.5) is 0 Å². The van der Waals surface area contributed by atoms with Crippen LogP contribution in [0.3, 0.4) is 0 Å². The molecule has 1 aliphatic rings. The molecule has 116 valence electrons. The van der Waals surface area contributed by atoms with E-state index in [0.29, 0.717) is 17.3 Å². The van der Waals surface area contributed by atoms with Crippen LogP contribution in [0.15, 0.2) is 24.3 Å². The minimum absolute atomic E-state index is 0.0217. The molecule has 4 nitrogen and oxygen atoms in total. The Morgan fingerprint density at radius 3 is 2.81 bits per heavy atom. The number of amides is 1. The Hall–Kier alpha value is -1.26. The summed E-state index contributed by atoms with van der Waals surface area (Å²) in [6.07, 6.45) is 3.72. The number of carbonyl (C=O) groups excluding carboxylic acids is 1. The van der Waals surface area contributed by atoms with Gasteiger partial charge in [0, 0.05) is 17.6 Å². The Balaban J connectivity index is 2.01. The van der Waals surface area contributed by atoms with Crippen molar-refractivity contribution in [3.63, 3.8) is 0 Å². The van der Waals surface area contributed by atoms with Crippen LogP contribution in [0.2, 0.25) is 5.02 Å². The third-order valence-electron chi connectivity index (χ3n) is 3.85. The minimum Gasteiger partial charge on any atom is -0.481 e. The van der Waals surface area contributed by atoms with Gasteiger partial charge in [0.1, 0.15) is 5.75 Å². The van der Waals surface area contributed by atoms with Crippen LogP contribution in [0.25, 0.3) is 0 Å². The molecule has 1 atom stereocenters. The molecule has 0 aromatic heterocycles. The molecule has 1 aliphatic carbocycles. The van der Waals surface area contributed by atoms with Gasteiger partial charge in [-0.25, -0.2) is 0 Å². The molecular weight excluding hydrogens is 290 g/mol. The normalized spacial score (nSPS) is 16.7. The maximum absolute atomic E-state index is 12.6. The summed E-state index contributed by atoms with van der Waals surface area (Å²) in [5.74, 6) is 0.509. The lowest BCUT2D eigenvalue weighted by Crippen LogP contribution is -2.46. The smallest absolute Gasteiger partial charge is 0.263 e. The Morgan fingerprint density at radius 2 is 2.19 bits per heavy atom. The Bertz CT molecular complexity index is 474. The minimum atomic E-state index is -0.587. The van der Waals surface area contributed by atoms with Crippen LogP contribution in [0.1, 0.15) is 32.6 Å². The molecule has 0 spiro atoms. The van der Waals surface area contributed by atoms with Crippen LogP contribution in [0.5, 0.6) is 5.75 Å². The number of aliphatic hydroxyl groups excluding tert-OH is 1. The topological polar surface area (TPSA) is 49.8 Å². The Labute approximate surface area is 130 Å². The Kier molecular flexibility index (Phi) is 5.88. The van der Waals surface area contributed by atoms with Gasteiger partial charge in [-0.2, -0.15) is 0 Å². The van der Waals surface area contributed by atoms with Gasteiger partial charge in [0.15, 0.2) is 6.10 Å². The number of aliphatic hydroxyl groups is 1. The van der Waals surface area contributed by atoms with Gasteiger partial charge < -0.3 is 14.7 Å². The van der Waals surface area contributed by atoms with E-state index in [0.717, 1.165) is 25.7 Å². The quantitative estimate of drug-likeness (QED) is 0.879. The van der Waals surface area contributed by atoms with Crippen molar-refractivity contribution in [1.29, 1.82) is 0 Å². The number of carbonyl (C=O) groups is 1. The van der Waals surface area contributed by atoms with Crippen molar-refractivity contribution in [3.05, 3.63) is 29.3 Å². The van der Waals surface area contributed by atoms with Crippen LogP contribution in [0, 0.1) is 0 Å². The molecule has 2 rings (SSSR count). The summed E-state index contributed by atoms with van der Waals surface area (Å²) in [7, 11) is 0. The van der Waals surface area contributed by atoms with E-state index >= 15 is 0 Å². The lowest BCUT2D eigenvalue weighted by Gasteiger charge is -2.30. The average molecular weight is 312 g/mol. The molecular formula is C16H22ClNO3. The van der Waals surface area contributed by atoms with Gasteiger partial charge in [0.2, 0.25) is 0 Å². The van der Waals surface area contributed by atoms with Gasteiger partial charge in [0.25, 0.3) is 5.91 Å². The lowest BCUT2D eigenvalue weighted by atomic mass is 10.2. The summed E-state index contributed by atoms with van der Waals surface area (Å²) >= 11 is 5.92. The lowest BCUT2D eigenvalue weighted by molar-refractivity contribution is -0.140. The van der Waals surface area contributed by atoms with Crippen LogP contribution in [-0.4, -0.2) is 41.2 Å². The number of ether oxygens (including phenoxy) is 1. The molecule has 1 aromatic carbocycles. The zero-order valence-electron chi connectivity index (χ0n) is 12.3. The van der Waals surface area contributed by atoms with E-state index in [-0.39, 0.29) is 18.6 Å². The second kappa shape index (κ2) is 7.66. The molecule has 5 heteroatoms. The maximum atomic E-state index is 12.6. The molecule has 0 radical (unpaired) electrons. The first-order chi connectivity index (χ1) is 10.1. The van der Waals surface area contributed by atoms with Crippen molar-refractivity contribution < 1.29 is 14.6 Å². The van der Waals surface area contributed by atoms with Crippen molar-refractivity contribution in [2.75, 3.05) is 13.2 Å². The van der Waals surface area contributed by atoms with Crippen LogP contribution >= 0.6 is 11.6 Å². The summed E-state index contributed by atoms with van der Waals surface area (Å²) in [6.45, 7) is 2.08. The van der Waals surface area contributed by atoms with Gasteiger partial charge in [0.05, 0.1) is 6.61 Å². The summed E-state index contributed by atoms with van der Waals surface area (Å²) < 4.78 is 5.69. The first-order valence-electron chi connectivity index (χ1n) is 7.45. The number of nitrogens with zero attached hydrogens (tertiary/aromatic N) is 1. The zero-order chi connectivity index (χ0) is 15.2. The van der Waals surface area contributed by atoms with E-state index in [1.54, 1.807) is 36.1 Å². The molecule has 0 aliphatic heterocycles. The fourth-order valence-corrected chi connectivity index (χ4v) is 3.01. The fraction of sp³-hybridized carbons (Fsp3) is 0.562. The number of hydrogen-bond acceptors (Lipinski definition) is 3. The van der Waals surface area contributed by atoms with Crippen molar-refractivity contribution in [3.8, 4) is 5.75 Å². The fourth-order valence-electron chi connectivity index (χ4n) is 2.82. The molecule has 0 heterocycles. The summed E-state index contributed by atoms with van der Waals surface area (Å²) in [5, 5.41) is 9.78. The molecule has 21 heavy (non-hydrogen) atoms. The second-order valence-electron chi connectivity index (χ2n) is 5.41. The van der Waals surface area contributed by atoms with Crippen molar-refractivity contribution in [2.24, 2.45) is 0 Å². The third-order valence-corrected chi connectivity index (χ3v) is 4.08. The largest absolute Gasteiger partial charge is 0.481 e. The zero-order valence-corrected chi connectivity index (χ0v) is 13.1. The van der Waals surface area contributed by atoms with Gasteiger partial charge in [-0.15, -0.1) is 0 Å². The monoisotopic (exact) mass is 311 g/mol. The first kappa shape index (κ1) is 16.1. The van der Waals surface area contributed by atoms with Crippen LogP contribution < -0.4 is 4.74 Å². The highest BCUT2D eigenvalue weighted by Gasteiger charge is 2.30. The van der Waals surface area contributed by atoms with Gasteiger partial charge >= 0.3 is 0 Å². The highest BCUT2D eigenvalue weighted by atomic mass is 35.5. The van der Waals surface area contributed by atoms with Gasteiger partial charge in [-0.05, 0) is 38.0 Å². The summed E-state index contributed by atoms with van der Waals surface area (Å²) in [4.78, 5) is 14.3. The summed E-state index contributed by atoms with van der Waals surface area (Å²) in [6, 6.07) is 7.25. The van der Waals surface area contributed by atoms with E-state index in [9.17, 15) is 9.90 Å². The van der Waals surface area contributed by atoms with E-state index in [4.69, 9.17) is 16.3 Å². The number of rotatable bonds is 6. The van der Waals surface area contributed by atoms with Crippen LogP contribution in [-0.2, 0) is 4.79 Å². The molecule has 0 saturated heterocycles. The standard InChI is InChI=1S/C16H22ClNO3/c1-12(21-15-8-4-5-13(17)11-15)16(20)18(9-10-19)14-6-2-3-7-14/h4-5,8,11-12,14,19H,2-3,6-7,9-10H2,1H3. The molecule has 1 amide bonds. The molecule has 1 fully saturated rings. The SMILES string of the molecule is CC(Oc1cccc(Cl)c1)C(=O)N(CCO)C1CCCC1. The second-order valence-corrected chi connectivity index (χ2v) is 5.85. The van der Waals surface area contributed by atoms with Crippen molar-refractivity contribution in [2.45, 2.75) is 44.8 Å². The molecule has 1 aromatic rings. The number of halogens is 1. The molecule has 1 saturated carbocycles. The van der Waals surface area contributed by atoms with E-state index in [1.165, 1.54) is 0 Å². The molecule has 0 bridgehead atoms. The predicted octanol–water partition coefficient (Wildman–Crippen LogP) is 2.87. The van der Waals surface area contributed by atoms with Crippen molar-refractivity contribution >= 4 is 17.5 Å². The van der Waals surface area contributed by atoms with E-state index in [2.05, 4.69) is 0 Å². The maximum Gasteiger partial charge on any atom is 0.263 e. The third kappa shape index (κ3) is 4.35. The molecule has 1 N–H and O–H groups in total. The highest BCUT2D eigenvalue weighted by molar-refractivity contribution is 6.30. The molecule has 1 unspecified atom stereocenters. The Morgan fingerprint density at radius 1 is 1.48 bits per heavy atom. The van der Waals surface area contributed by atoms with Gasteiger partial charge in [-0.1, -0.05) is 30.5 Å². The average Bonchev–Trinajstić information content (AvgIpc) is 2.98. The number of benzene rings is 1. The predicted molar refractivity (Wildman–Crippen MR) is 82.6 cm³/mol. The van der Waals surface area contributed by atoms with E-state index in [1.807, 2.05) is 0 Å². The first-order valence-corrected chi connectivity index (χ1v) is 7.83. The summed E-state index contributed by atoms with van der Waals surface area (Å²) in [5.41, 5.74) is 0. The number of hydrogen-bond donors (Lipinski definition) is 1. The van der Waals surface area contributed by atoms with Gasteiger partial charge in [-0.3, -0.25) is 4.79 Å². The van der Waals surface area contributed by atoms with Crippen molar-refractivity contribution in [1.82, 2.24) is 4.90 Å².